The molecule has 1 aliphatic carbocycles. The van der Waals surface area contributed by atoms with Crippen molar-refractivity contribution in [2.75, 3.05) is 7.05 Å². The van der Waals surface area contributed by atoms with Crippen molar-refractivity contribution in [1.82, 2.24) is 4.90 Å². The Morgan fingerprint density at radius 1 is 1.24 bits per heavy atom. The van der Waals surface area contributed by atoms with Gasteiger partial charge in [0.25, 0.3) is 0 Å². The Balaban J connectivity index is 2.11. The van der Waals surface area contributed by atoms with Crippen LogP contribution in [0.4, 0.5) is 0 Å². The van der Waals surface area contributed by atoms with Gasteiger partial charge in [0.05, 0.1) is 0 Å². The molecule has 1 spiro atoms. The molecule has 1 aliphatic heterocycles. The summed E-state index contributed by atoms with van der Waals surface area (Å²) in [5.41, 5.74) is 0.0470. The Hall–Kier alpha value is -0.530. The van der Waals surface area contributed by atoms with Crippen molar-refractivity contribution in [1.29, 1.82) is 0 Å². The number of likely N-dealkylation sites (tertiary alicyclic amines) is 1. The molecule has 0 aromatic rings. The molecule has 2 rings (SSSR count). The molecule has 1 saturated carbocycles. The van der Waals surface area contributed by atoms with E-state index in [9.17, 15) is 4.79 Å². The third-order valence-corrected chi connectivity index (χ3v) is 5.27. The number of hydrogen-bond donors (Lipinski definition) is 0. The summed E-state index contributed by atoms with van der Waals surface area (Å²) >= 11 is 0. The summed E-state index contributed by atoms with van der Waals surface area (Å²) in [6, 6.07) is 0. The maximum absolute atomic E-state index is 12.2. The smallest absolute Gasteiger partial charge is 0.228 e. The standard InChI is InChI=1S/C15H27NO/c1-11(2)12-6-8-15(9-7-12)10-14(3,4)13(17)16(15)5/h11-12H,6-10H2,1-5H3/t12-,15+. The van der Waals surface area contributed by atoms with E-state index in [1.165, 1.54) is 25.7 Å². The zero-order valence-electron chi connectivity index (χ0n) is 12.0. The van der Waals surface area contributed by atoms with Crippen LogP contribution < -0.4 is 0 Å². The highest BCUT2D eigenvalue weighted by molar-refractivity contribution is 5.85. The molecule has 2 nitrogen and oxygen atoms in total. The van der Waals surface area contributed by atoms with E-state index in [1.54, 1.807) is 0 Å². The van der Waals surface area contributed by atoms with E-state index in [-0.39, 0.29) is 11.0 Å². The van der Waals surface area contributed by atoms with Gasteiger partial charge in [-0.15, -0.1) is 0 Å². The van der Waals surface area contributed by atoms with Crippen LogP contribution in [-0.2, 0) is 4.79 Å². The zero-order valence-corrected chi connectivity index (χ0v) is 12.0. The first-order valence-corrected chi connectivity index (χ1v) is 7.07. The molecule has 2 heteroatoms. The molecule has 0 aromatic carbocycles. The molecule has 0 aromatic heterocycles. The highest BCUT2D eigenvalue weighted by Crippen LogP contribution is 2.50. The molecule has 0 atom stereocenters. The summed E-state index contributed by atoms with van der Waals surface area (Å²) in [5, 5.41) is 0. The van der Waals surface area contributed by atoms with E-state index in [0.29, 0.717) is 5.91 Å². The van der Waals surface area contributed by atoms with Crippen LogP contribution in [0.1, 0.15) is 59.8 Å². The molecule has 1 heterocycles. The predicted molar refractivity (Wildman–Crippen MR) is 70.7 cm³/mol. The SMILES string of the molecule is CC(C)[C@H]1CC[C@@]2(CC1)CC(C)(C)C(=O)N2C. The van der Waals surface area contributed by atoms with Crippen molar-refractivity contribution in [2.24, 2.45) is 17.3 Å². The van der Waals surface area contributed by atoms with E-state index in [0.717, 1.165) is 18.3 Å². The minimum atomic E-state index is -0.139. The first-order chi connectivity index (χ1) is 7.78. The van der Waals surface area contributed by atoms with Crippen molar-refractivity contribution in [3.05, 3.63) is 0 Å². The molecular weight excluding hydrogens is 210 g/mol. The van der Waals surface area contributed by atoms with Crippen molar-refractivity contribution >= 4 is 5.91 Å². The average Bonchev–Trinajstić information content (AvgIpc) is 2.41. The van der Waals surface area contributed by atoms with Crippen molar-refractivity contribution < 1.29 is 4.79 Å². The Kier molecular flexibility index (Phi) is 3.04. The van der Waals surface area contributed by atoms with E-state index < -0.39 is 0 Å². The van der Waals surface area contributed by atoms with Gasteiger partial charge < -0.3 is 4.90 Å². The fraction of sp³-hybridized carbons (Fsp3) is 0.933. The second-order valence-electron chi connectivity index (χ2n) is 7.23. The van der Waals surface area contributed by atoms with Gasteiger partial charge in [-0.05, 0) is 43.9 Å². The summed E-state index contributed by atoms with van der Waals surface area (Å²) in [6.45, 7) is 8.87. The third-order valence-electron chi connectivity index (χ3n) is 5.27. The molecule has 2 aliphatic rings. The Morgan fingerprint density at radius 2 is 1.76 bits per heavy atom. The van der Waals surface area contributed by atoms with Gasteiger partial charge in [-0.25, -0.2) is 0 Å². The summed E-state index contributed by atoms with van der Waals surface area (Å²) in [7, 11) is 2.02. The van der Waals surface area contributed by atoms with Crippen LogP contribution >= 0.6 is 0 Å². The fourth-order valence-corrected chi connectivity index (χ4v) is 4.04. The quantitative estimate of drug-likeness (QED) is 0.684. The minimum absolute atomic E-state index is 0.139. The van der Waals surface area contributed by atoms with E-state index in [4.69, 9.17) is 0 Å². The molecular formula is C15H27NO. The molecule has 0 radical (unpaired) electrons. The first kappa shape index (κ1) is 12.9. The maximum Gasteiger partial charge on any atom is 0.228 e. The molecule has 98 valence electrons. The summed E-state index contributed by atoms with van der Waals surface area (Å²) in [6.07, 6.45) is 6.07. The van der Waals surface area contributed by atoms with Crippen LogP contribution in [0.25, 0.3) is 0 Å². The predicted octanol–water partition coefficient (Wildman–Crippen LogP) is 3.46. The number of hydrogen-bond acceptors (Lipinski definition) is 1. The summed E-state index contributed by atoms with van der Waals surface area (Å²) in [5.74, 6) is 2.01. The van der Waals surface area contributed by atoms with Crippen LogP contribution in [0.3, 0.4) is 0 Å². The molecule has 0 bridgehead atoms. The van der Waals surface area contributed by atoms with Gasteiger partial charge in [0.15, 0.2) is 0 Å². The number of nitrogens with zero attached hydrogens (tertiary/aromatic N) is 1. The number of amides is 1. The first-order valence-electron chi connectivity index (χ1n) is 7.07. The van der Waals surface area contributed by atoms with E-state index >= 15 is 0 Å². The third kappa shape index (κ3) is 2.00. The van der Waals surface area contributed by atoms with Crippen LogP contribution in [-0.4, -0.2) is 23.4 Å². The van der Waals surface area contributed by atoms with Crippen LogP contribution in [0.15, 0.2) is 0 Å². The van der Waals surface area contributed by atoms with Gasteiger partial charge in [0.2, 0.25) is 5.91 Å². The second kappa shape index (κ2) is 4.00. The lowest BCUT2D eigenvalue weighted by atomic mass is 9.69. The van der Waals surface area contributed by atoms with E-state index in [1.807, 2.05) is 7.05 Å². The van der Waals surface area contributed by atoms with Gasteiger partial charge in [-0.1, -0.05) is 27.7 Å². The number of carbonyl (C=O) groups is 1. The number of rotatable bonds is 1. The van der Waals surface area contributed by atoms with Gasteiger partial charge in [-0.2, -0.15) is 0 Å². The zero-order chi connectivity index (χ0) is 12.8. The lowest BCUT2D eigenvalue weighted by molar-refractivity contribution is -0.136. The Morgan fingerprint density at radius 3 is 2.12 bits per heavy atom. The molecule has 17 heavy (non-hydrogen) atoms. The normalized spacial score (nSPS) is 37.2. The summed E-state index contributed by atoms with van der Waals surface area (Å²) < 4.78 is 0. The van der Waals surface area contributed by atoms with Crippen molar-refractivity contribution in [2.45, 2.75) is 65.3 Å². The number of carbonyl (C=O) groups excluding carboxylic acids is 1. The van der Waals surface area contributed by atoms with Crippen LogP contribution in [0.5, 0.6) is 0 Å². The highest BCUT2D eigenvalue weighted by Gasteiger charge is 2.53. The highest BCUT2D eigenvalue weighted by atomic mass is 16.2. The lowest BCUT2D eigenvalue weighted by Crippen LogP contribution is -2.46. The second-order valence-corrected chi connectivity index (χ2v) is 7.23. The maximum atomic E-state index is 12.2. The Bertz CT molecular complexity index is 311. The summed E-state index contributed by atoms with van der Waals surface area (Å²) in [4.78, 5) is 14.3. The molecule has 1 saturated heterocycles. The van der Waals surface area contributed by atoms with Gasteiger partial charge in [-0.3, -0.25) is 4.79 Å². The van der Waals surface area contributed by atoms with Crippen molar-refractivity contribution in [3.63, 3.8) is 0 Å². The lowest BCUT2D eigenvalue weighted by Gasteiger charge is -2.43. The monoisotopic (exact) mass is 237 g/mol. The van der Waals surface area contributed by atoms with Gasteiger partial charge in [0, 0.05) is 18.0 Å². The fourth-order valence-electron chi connectivity index (χ4n) is 4.04. The molecule has 0 unspecified atom stereocenters. The Labute approximate surface area is 106 Å². The largest absolute Gasteiger partial charge is 0.340 e. The van der Waals surface area contributed by atoms with Crippen LogP contribution in [0.2, 0.25) is 0 Å². The average molecular weight is 237 g/mol. The van der Waals surface area contributed by atoms with Crippen LogP contribution in [0, 0.1) is 17.3 Å². The van der Waals surface area contributed by atoms with E-state index in [2.05, 4.69) is 32.6 Å². The topological polar surface area (TPSA) is 20.3 Å². The molecule has 1 amide bonds. The van der Waals surface area contributed by atoms with Gasteiger partial charge in [0.1, 0.15) is 0 Å². The minimum Gasteiger partial charge on any atom is -0.340 e. The molecule has 0 N–H and O–H groups in total. The van der Waals surface area contributed by atoms with Crippen molar-refractivity contribution in [3.8, 4) is 0 Å². The molecule has 2 fully saturated rings. The van der Waals surface area contributed by atoms with Gasteiger partial charge >= 0.3 is 0 Å².